The van der Waals surface area contributed by atoms with Crippen LogP contribution in [0.25, 0.3) is 6.08 Å². The smallest absolute Gasteiger partial charge is 0.266 e. The summed E-state index contributed by atoms with van der Waals surface area (Å²) in [5.74, 6) is -0.468. The maximum absolute atomic E-state index is 12.4. The monoisotopic (exact) mass is 371 g/mol. The van der Waals surface area contributed by atoms with Crippen LogP contribution in [0.5, 0.6) is 0 Å². The van der Waals surface area contributed by atoms with Crippen molar-refractivity contribution >= 4 is 29.3 Å². The zero-order valence-electron chi connectivity index (χ0n) is 15.3. The van der Waals surface area contributed by atoms with Crippen molar-refractivity contribution in [3.8, 4) is 6.07 Å². The summed E-state index contributed by atoms with van der Waals surface area (Å²) in [4.78, 5) is 12.4. The molecule has 0 aliphatic heterocycles. The number of nitrogens with zero attached hydrogens (tertiary/aromatic N) is 2. The van der Waals surface area contributed by atoms with Gasteiger partial charge in [0, 0.05) is 29.2 Å². The minimum Gasteiger partial charge on any atom is -0.383 e. The quantitative estimate of drug-likeness (QED) is 0.600. The molecule has 2 rings (SSSR count). The van der Waals surface area contributed by atoms with Crippen molar-refractivity contribution in [1.82, 2.24) is 4.57 Å². The third-order valence-electron chi connectivity index (χ3n) is 4.12. The van der Waals surface area contributed by atoms with Gasteiger partial charge in [-0.1, -0.05) is 17.7 Å². The molecule has 0 aliphatic rings. The van der Waals surface area contributed by atoms with Crippen molar-refractivity contribution in [3.05, 3.63) is 57.9 Å². The minimum absolute atomic E-state index is 0.0321. The van der Waals surface area contributed by atoms with Gasteiger partial charge in [0.15, 0.2) is 0 Å². The number of aromatic nitrogens is 1. The maximum Gasteiger partial charge on any atom is 0.266 e. The maximum atomic E-state index is 12.4. The molecule has 26 heavy (non-hydrogen) atoms. The van der Waals surface area contributed by atoms with Crippen LogP contribution in [0.2, 0.25) is 5.02 Å². The Hall–Kier alpha value is -2.55. The number of anilines is 1. The Kier molecular flexibility index (Phi) is 6.62. The highest BCUT2D eigenvalue weighted by Gasteiger charge is 2.16. The number of rotatable bonds is 6. The number of hydrogen-bond donors (Lipinski definition) is 1. The zero-order chi connectivity index (χ0) is 19.3. The van der Waals surface area contributed by atoms with Crippen molar-refractivity contribution < 1.29 is 9.53 Å². The SMILES string of the molecule is COCC(C)n1c(C)cc(/C=C(\C#N)C(=O)Nc2cccc(Cl)c2)c1C. The van der Waals surface area contributed by atoms with Crippen molar-refractivity contribution in [1.29, 1.82) is 5.26 Å². The lowest BCUT2D eigenvalue weighted by molar-refractivity contribution is -0.112. The summed E-state index contributed by atoms with van der Waals surface area (Å²) >= 11 is 5.92. The first-order chi connectivity index (χ1) is 12.4. The molecule has 1 unspecified atom stereocenters. The van der Waals surface area contributed by atoms with Crippen LogP contribution < -0.4 is 5.32 Å². The molecule has 1 N–H and O–H groups in total. The number of carbonyl (C=O) groups excluding carboxylic acids is 1. The Morgan fingerprint density at radius 2 is 2.15 bits per heavy atom. The number of aryl methyl sites for hydroxylation is 1. The molecule has 1 amide bonds. The second kappa shape index (κ2) is 8.70. The van der Waals surface area contributed by atoms with Crippen LogP contribution in [-0.4, -0.2) is 24.2 Å². The van der Waals surface area contributed by atoms with E-state index in [-0.39, 0.29) is 11.6 Å². The lowest BCUT2D eigenvalue weighted by Gasteiger charge is -2.17. The number of carbonyl (C=O) groups is 1. The third kappa shape index (κ3) is 4.54. The molecule has 0 saturated carbocycles. The Labute approximate surface area is 158 Å². The first-order valence-electron chi connectivity index (χ1n) is 8.23. The molecule has 1 atom stereocenters. The van der Waals surface area contributed by atoms with Crippen LogP contribution in [0.15, 0.2) is 35.9 Å². The van der Waals surface area contributed by atoms with Crippen LogP contribution in [0.4, 0.5) is 5.69 Å². The Morgan fingerprint density at radius 3 is 2.77 bits per heavy atom. The summed E-state index contributed by atoms with van der Waals surface area (Å²) in [6.45, 7) is 6.61. The molecule has 0 radical (unpaired) electrons. The predicted molar refractivity (Wildman–Crippen MR) is 104 cm³/mol. The Morgan fingerprint density at radius 1 is 1.42 bits per heavy atom. The van der Waals surface area contributed by atoms with Crippen molar-refractivity contribution in [2.45, 2.75) is 26.8 Å². The number of nitrogens with one attached hydrogen (secondary N) is 1. The van der Waals surface area contributed by atoms with E-state index in [1.807, 2.05) is 26.0 Å². The minimum atomic E-state index is -0.468. The van der Waals surface area contributed by atoms with Crippen LogP contribution in [0, 0.1) is 25.2 Å². The van der Waals surface area contributed by atoms with Gasteiger partial charge in [0.05, 0.1) is 12.6 Å². The second-order valence-corrected chi connectivity index (χ2v) is 6.57. The number of benzene rings is 1. The highest BCUT2D eigenvalue weighted by Crippen LogP contribution is 2.23. The molecule has 0 saturated heterocycles. The van der Waals surface area contributed by atoms with E-state index in [9.17, 15) is 10.1 Å². The fourth-order valence-electron chi connectivity index (χ4n) is 3.01. The summed E-state index contributed by atoms with van der Waals surface area (Å²) in [5, 5.41) is 12.6. The number of methoxy groups -OCH3 is 1. The highest BCUT2D eigenvalue weighted by atomic mass is 35.5. The lowest BCUT2D eigenvalue weighted by Crippen LogP contribution is -2.14. The highest BCUT2D eigenvalue weighted by molar-refractivity contribution is 6.31. The molecule has 136 valence electrons. The van der Waals surface area contributed by atoms with E-state index in [1.165, 1.54) is 0 Å². The number of halogens is 1. The fraction of sp³-hybridized carbons (Fsp3) is 0.300. The van der Waals surface area contributed by atoms with E-state index >= 15 is 0 Å². The molecular weight excluding hydrogens is 350 g/mol. The number of nitriles is 1. The lowest BCUT2D eigenvalue weighted by atomic mass is 10.1. The van der Waals surface area contributed by atoms with Crippen molar-refractivity contribution in [2.24, 2.45) is 0 Å². The normalized spacial score (nSPS) is 12.5. The largest absolute Gasteiger partial charge is 0.383 e. The van der Waals surface area contributed by atoms with E-state index in [2.05, 4.69) is 16.8 Å². The predicted octanol–water partition coefficient (Wildman–Crippen LogP) is 4.51. The molecule has 2 aromatic rings. The van der Waals surface area contributed by atoms with Gasteiger partial charge in [-0.3, -0.25) is 4.79 Å². The topological polar surface area (TPSA) is 67.0 Å². The first-order valence-corrected chi connectivity index (χ1v) is 8.61. The van der Waals surface area contributed by atoms with Gasteiger partial charge < -0.3 is 14.6 Å². The molecule has 0 fully saturated rings. The average Bonchev–Trinajstić information content (AvgIpc) is 2.86. The fourth-order valence-corrected chi connectivity index (χ4v) is 3.20. The molecule has 1 heterocycles. The molecular formula is C20H22ClN3O2. The van der Waals surface area contributed by atoms with Crippen LogP contribution in [-0.2, 0) is 9.53 Å². The molecule has 0 spiro atoms. The van der Waals surface area contributed by atoms with Crippen LogP contribution in [0.1, 0.15) is 29.9 Å². The summed E-state index contributed by atoms with van der Waals surface area (Å²) in [5.41, 5.74) is 3.44. The van der Waals surface area contributed by atoms with Crippen LogP contribution >= 0.6 is 11.6 Å². The van der Waals surface area contributed by atoms with Gasteiger partial charge in [-0.05, 0) is 56.7 Å². The van der Waals surface area contributed by atoms with Crippen LogP contribution in [0.3, 0.4) is 0 Å². The number of hydrogen-bond acceptors (Lipinski definition) is 3. The standard InChI is InChI=1S/C20H22ClN3O2/c1-13-8-16(15(3)24(13)14(2)12-26-4)9-17(11-22)20(25)23-19-7-5-6-18(21)10-19/h5-10,14H,12H2,1-4H3,(H,23,25)/b17-9+. The third-order valence-corrected chi connectivity index (χ3v) is 4.35. The van der Waals surface area contributed by atoms with Gasteiger partial charge in [0.25, 0.3) is 5.91 Å². The van der Waals surface area contributed by atoms with Gasteiger partial charge >= 0.3 is 0 Å². The van der Waals surface area contributed by atoms with Gasteiger partial charge in [0.1, 0.15) is 11.6 Å². The number of amides is 1. The summed E-state index contributed by atoms with van der Waals surface area (Å²) in [6.07, 6.45) is 1.61. The zero-order valence-corrected chi connectivity index (χ0v) is 16.1. The second-order valence-electron chi connectivity index (χ2n) is 6.14. The van der Waals surface area contributed by atoms with Gasteiger partial charge in [0.2, 0.25) is 0 Å². The Balaban J connectivity index is 2.30. The first kappa shape index (κ1) is 19.8. The summed E-state index contributed by atoms with van der Waals surface area (Å²) in [7, 11) is 1.67. The molecule has 6 heteroatoms. The Bertz CT molecular complexity index is 878. The van der Waals surface area contributed by atoms with Gasteiger partial charge in [-0.15, -0.1) is 0 Å². The molecule has 1 aromatic carbocycles. The molecule has 0 bridgehead atoms. The molecule has 5 nitrogen and oxygen atoms in total. The van der Waals surface area contributed by atoms with Crippen molar-refractivity contribution in [3.63, 3.8) is 0 Å². The van der Waals surface area contributed by atoms with E-state index in [0.29, 0.717) is 17.3 Å². The van der Waals surface area contributed by atoms with Gasteiger partial charge in [-0.25, -0.2) is 0 Å². The van der Waals surface area contributed by atoms with E-state index in [4.69, 9.17) is 16.3 Å². The van der Waals surface area contributed by atoms with Gasteiger partial charge in [-0.2, -0.15) is 5.26 Å². The van der Waals surface area contributed by atoms with E-state index in [0.717, 1.165) is 17.0 Å². The number of ether oxygens (including phenoxy) is 1. The summed E-state index contributed by atoms with van der Waals surface area (Å²) < 4.78 is 7.37. The molecule has 1 aromatic heterocycles. The van der Waals surface area contributed by atoms with Crippen molar-refractivity contribution in [2.75, 3.05) is 19.0 Å². The van der Waals surface area contributed by atoms with E-state index < -0.39 is 5.91 Å². The molecule has 0 aliphatic carbocycles. The average molecular weight is 372 g/mol. The summed E-state index contributed by atoms with van der Waals surface area (Å²) in [6, 6.07) is 10.9. The van der Waals surface area contributed by atoms with E-state index in [1.54, 1.807) is 37.5 Å².